The average molecular weight is 456 g/mol. The molecule has 33 heavy (non-hydrogen) atoms. The van der Waals surface area contributed by atoms with Crippen LogP contribution in [0.15, 0.2) is 36.4 Å². The van der Waals surface area contributed by atoms with Gasteiger partial charge in [0.15, 0.2) is 0 Å². The molecule has 0 saturated carbocycles. The Labute approximate surface area is 194 Å². The van der Waals surface area contributed by atoms with Gasteiger partial charge in [-0.1, -0.05) is 24.3 Å². The number of ether oxygens (including phenoxy) is 1. The normalized spacial score (nSPS) is 20.6. The van der Waals surface area contributed by atoms with Crippen molar-refractivity contribution in [2.45, 2.75) is 58.7 Å². The van der Waals surface area contributed by atoms with E-state index >= 15 is 0 Å². The van der Waals surface area contributed by atoms with Crippen LogP contribution in [0.25, 0.3) is 0 Å². The Balaban J connectivity index is 1.73. The molecule has 0 spiro atoms. The van der Waals surface area contributed by atoms with Crippen molar-refractivity contribution < 1.29 is 23.9 Å². The van der Waals surface area contributed by atoms with Crippen molar-refractivity contribution in [2.75, 3.05) is 13.7 Å². The Hall–Kier alpha value is -3.16. The fourth-order valence-electron chi connectivity index (χ4n) is 4.40. The van der Waals surface area contributed by atoms with Gasteiger partial charge in [0.05, 0.1) is 18.9 Å². The fraction of sp³-hybridized carbons (Fsp3) is 0.520. The number of hydrogen-bond donors (Lipinski definition) is 1. The first-order valence-corrected chi connectivity index (χ1v) is 11.5. The topological polar surface area (TPSA) is 96.0 Å². The van der Waals surface area contributed by atoms with Gasteiger partial charge in [0, 0.05) is 25.6 Å². The number of likely N-dealkylation sites (tertiary alicyclic amines) is 1. The first kappa shape index (κ1) is 24.5. The summed E-state index contributed by atoms with van der Waals surface area (Å²) in [4.78, 5) is 54.1. The van der Waals surface area contributed by atoms with Crippen molar-refractivity contribution in [3.05, 3.63) is 42.0 Å². The van der Waals surface area contributed by atoms with Gasteiger partial charge in [0.2, 0.25) is 23.6 Å². The predicted molar refractivity (Wildman–Crippen MR) is 123 cm³/mol. The summed E-state index contributed by atoms with van der Waals surface area (Å²) in [5.74, 6) is -0.935. The van der Waals surface area contributed by atoms with Crippen LogP contribution in [-0.4, -0.2) is 59.2 Å². The van der Waals surface area contributed by atoms with Crippen LogP contribution < -0.4 is 10.1 Å². The first-order chi connectivity index (χ1) is 15.7. The Morgan fingerprint density at radius 1 is 1.12 bits per heavy atom. The molecule has 1 fully saturated rings. The Morgan fingerprint density at radius 2 is 1.76 bits per heavy atom. The van der Waals surface area contributed by atoms with E-state index in [2.05, 4.69) is 5.32 Å². The third kappa shape index (κ3) is 5.61. The zero-order valence-corrected chi connectivity index (χ0v) is 19.7. The van der Waals surface area contributed by atoms with E-state index in [0.717, 1.165) is 5.56 Å². The molecule has 3 atom stereocenters. The summed E-state index contributed by atoms with van der Waals surface area (Å²) in [5, 5.41) is 2.85. The molecule has 8 heteroatoms. The number of allylic oxidation sites excluding steroid dienone is 2. The van der Waals surface area contributed by atoms with Gasteiger partial charge < -0.3 is 15.0 Å². The summed E-state index contributed by atoms with van der Waals surface area (Å²) in [7, 11) is 1.57. The maximum Gasteiger partial charge on any atom is 0.242 e. The molecule has 4 amide bonds. The van der Waals surface area contributed by atoms with E-state index in [4.69, 9.17) is 4.74 Å². The van der Waals surface area contributed by atoms with Gasteiger partial charge in [0.25, 0.3) is 0 Å². The van der Waals surface area contributed by atoms with Gasteiger partial charge in [-0.05, 0) is 51.3 Å². The molecule has 0 aromatic heterocycles. The van der Waals surface area contributed by atoms with E-state index in [9.17, 15) is 19.2 Å². The quantitative estimate of drug-likeness (QED) is 0.455. The van der Waals surface area contributed by atoms with Crippen molar-refractivity contribution in [1.82, 2.24) is 15.1 Å². The van der Waals surface area contributed by atoms with Gasteiger partial charge in [-0.25, -0.2) is 0 Å². The van der Waals surface area contributed by atoms with Crippen molar-refractivity contribution >= 4 is 23.6 Å². The van der Waals surface area contributed by atoms with E-state index in [1.54, 1.807) is 14.0 Å². The number of carbonyl (C=O) groups excluding carboxylic acids is 4. The second-order valence-corrected chi connectivity index (χ2v) is 8.95. The highest BCUT2D eigenvalue weighted by Crippen LogP contribution is 2.35. The number of rotatable bonds is 9. The maximum absolute atomic E-state index is 13.3. The zero-order valence-electron chi connectivity index (χ0n) is 19.7. The second-order valence-electron chi connectivity index (χ2n) is 8.95. The van der Waals surface area contributed by atoms with Crippen LogP contribution in [0.3, 0.4) is 0 Å². The number of benzene rings is 1. The number of carbonyl (C=O) groups is 4. The first-order valence-electron chi connectivity index (χ1n) is 11.5. The second kappa shape index (κ2) is 10.6. The number of amides is 4. The molecule has 1 aliphatic carbocycles. The third-order valence-corrected chi connectivity index (χ3v) is 6.23. The van der Waals surface area contributed by atoms with Crippen LogP contribution in [0, 0.1) is 11.8 Å². The average Bonchev–Trinajstić information content (AvgIpc) is 3.05. The monoisotopic (exact) mass is 455 g/mol. The standard InChI is InChI=1S/C25H33N3O5/c1-16(2)26-23(30)17(3)28(15-18-8-7-9-19(14-18)33-4)22(29)12-13-27-24(31)20-10-5-6-11-21(20)25(27)32/h5-9,14,16-17,20-21H,10-13,15H2,1-4H3,(H,26,30)/t17-,20-,21+/m0/s1. The number of hydrogen-bond acceptors (Lipinski definition) is 5. The largest absolute Gasteiger partial charge is 0.497 e. The van der Waals surface area contributed by atoms with E-state index in [0.29, 0.717) is 18.6 Å². The molecule has 178 valence electrons. The van der Waals surface area contributed by atoms with E-state index < -0.39 is 6.04 Å². The highest BCUT2D eigenvalue weighted by molar-refractivity contribution is 6.05. The van der Waals surface area contributed by atoms with Crippen LogP contribution in [0.5, 0.6) is 5.75 Å². The lowest BCUT2D eigenvalue weighted by molar-refractivity contribution is -0.143. The Bertz CT molecular complexity index is 916. The van der Waals surface area contributed by atoms with Gasteiger partial charge >= 0.3 is 0 Å². The van der Waals surface area contributed by atoms with Crippen LogP contribution >= 0.6 is 0 Å². The molecule has 1 aromatic carbocycles. The number of nitrogens with one attached hydrogen (secondary N) is 1. The molecule has 1 heterocycles. The minimum atomic E-state index is -0.720. The lowest BCUT2D eigenvalue weighted by Crippen LogP contribution is -2.49. The van der Waals surface area contributed by atoms with Gasteiger partial charge in [-0.3, -0.25) is 24.1 Å². The molecule has 1 aliphatic heterocycles. The molecule has 0 bridgehead atoms. The lowest BCUT2D eigenvalue weighted by Gasteiger charge is -2.30. The Kier molecular flexibility index (Phi) is 7.89. The molecular formula is C25H33N3O5. The molecule has 1 aromatic rings. The number of nitrogens with zero attached hydrogens (tertiary/aromatic N) is 2. The molecule has 0 unspecified atom stereocenters. The molecule has 3 rings (SSSR count). The lowest BCUT2D eigenvalue weighted by atomic mass is 9.85. The van der Waals surface area contributed by atoms with Crippen molar-refractivity contribution in [2.24, 2.45) is 11.8 Å². The van der Waals surface area contributed by atoms with E-state index in [-0.39, 0.29) is 61.0 Å². The van der Waals surface area contributed by atoms with Crippen LogP contribution in [-0.2, 0) is 25.7 Å². The molecule has 1 N–H and O–H groups in total. The molecule has 2 aliphatic rings. The summed E-state index contributed by atoms with van der Waals surface area (Å²) < 4.78 is 5.27. The van der Waals surface area contributed by atoms with Crippen LogP contribution in [0.4, 0.5) is 0 Å². The maximum atomic E-state index is 13.3. The smallest absolute Gasteiger partial charge is 0.242 e. The van der Waals surface area contributed by atoms with Crippen molar-refractivity contribution in [3.8, 4) is 5.75 Å². The summed E-state index contributed by atoms with van der Waals surface area (Å²) in [6.07, 6.45) is 4.97. The number of imide groups is 1. The van der Waals surface area contributed by atoms with Crippen molar-refractivity contribution in [1.29, 1.82) is 0 Å². The zero-order chi connectivity index (χ0) is 24.1. The number of fused-ring (bicyclic) bond motifs is 1. The van der Waals surface area contributed by atoms with Gasteiger partial charge in [-0.15, -0.1) is 0 Å². The minimum absolute atomic E-state index is 0.0244. The summed E-state index contributed by atoms with van der Waals surface area (Å²) in [5.41, 5.74) is 0.817. The molecule has 8 nitrogen and oxygen atoms in total. The molecule has 1 saturated heterocycles. The third-order valence-electron chi connectivity index (χ3n) is 6.23. The van der Waals surface area contributed by atoms with Crippen LogP contribution in [0.1, 0.15) is 45.6 Å². The van der Waals surface area contributed by atoms with Crippen molar-refractivity contribution in [3.63, 3.8) is 0 Å². The predicted octanol–water partition coefficient (Wildman–Crippen LogP) is 2.28. The summed E-state index contributed by atoms with van der Waals surface area (Å²) in [6, 6.07) is 6.53. The molecular weight excluding hydrogens is 422 g/mol. The number of methoxy groups -OCH3 is 1. The molecule has 0 radical (unpaired) electrons. The van der Waals surface area contributed by atoms with E-state index in [1.165, 1.54) is 9.80 Å². The van der Waals surface area contributed by atoms with Gasteiger partial charge in [0.1, 0.15) is 11.8 Å². The summed E-state index contributed by atoms with van der Waals surface area (Å²) in [6.45, 7) is 5.63. The van der Waals surface area contributed by atoms with Crippen LogP contribution in [0.2, 0.25) is 0 Å². The minimum Gasteiger partial charge on any atom is -0.497 e. The van der Waals surface area contributed by atoms with E-state index in [1.807, 2.05) is 50.3 Å². The Morgan fingerprint density at radius 3 is 2.33 bits per heavy atom. The SMILES string of the molecule is COc1cccc(CN(C(=O)CCN2C(=O)[C@H]3CC=CC[C@H]3C2=O)[C@@H](C)C(=O)NC(C)C)c1. The summed E-state index contributed by atoms with van der Waals surface area (Å²) >= 11 is 0. The highest BCUT2D eigenvalue weighted by atomic mass is 16.5. The highest BCUT2D eigenvalue weighted by Gasteiger charge is 2.47. The van der Waals surface area contributed by atoms with Gasteiger partial charge in [-0.2, -0.15) is 0 Å². The fourth-order valence-corrected chi connectivity index (χ4v) is 4.40.